The van der Waals surface area contributed by atoms with E-state index in [4.69, 9.17) is 4.74 Å². The molecule has 2 aliphatic heterocycles. The highest BCUT2D eigenvalue weighted by Gasteiger charge is 2.29. The van der Waals surface area contributed by atoms with Crippen molar-refractivity contribution < 1.29 is 9.13 Å². The second-order valence-electron chi connectivity index (χ2n) is 8.90. The van der Waals surface area contributed by atoms with Gasteiger partial charge in [0.2, 0.25) is 0 Å². The third-order valence-electron chi connectivity index (χ3n) is 6.80. The largest absolute Gasteiger partial charge is 0.378 e. The zero-order valence-corrected chi connectivity index (χ0v) is 18.9. The highest BCUT2D eigenvalue weighted by molar-refractivity contribution is 5.89. The van der Waals surface area contributed by atoms with Crippen LogP contribution in [0.3, 0.4) is 0 Å². The number of nitrogens with zero attached hydrogens (tertiary/aromatic N) is 5. The van der Waals surface area contributed by atoms with Gasteiger partial charge in [-0.25, -0.2) is 4.39 Å². The number of para-hydroxylation sites is 1. The van der Waals surface area contributed by atoms with Crippen molar-refractivity contribution in [2.75, 3.05) is 44.3 Å². The van der Waals surface area contributed by atoms with E-state index in [0.29, 0.717) is 28.3 Å². The number of aryl methyl sites for hydroxylation is 1. The quantitative estimate of drug-likeness (QED) is 0.505. The second-order valence-corrected chi connectivity index (χ2v) is 8.90. The van der Waals surface area contributed by atoms with Crippen LogP contribution in [0, 0.1) is 12.7 Å². The lowest BCUT2D eigenvalue weighted by atomic mass is 10.1. The molecule has 4 aromatic rings. The molecule has 2 aromatic carbocycles. The Hall–Kier alpha value is -3.56. The normalized spacial score (nSPS) is 17.3. The van der Waals surface area contributed by atoms with Gasteiger partial charge in [0.25, 0.3) is 5.56 Å². The molecule has 0 bridgehead atoms. The summed E-state index contributed by atoms with van der Waals surface area (Å²) in [5.41, 5.74) is 4.08. The number of fused-ring (bicyclic) bond motifs is 1. The van der Waals surface area contributed by atoms with Crippen LogP contribution in [-0.4, -0.2) is 70.3 Å². The number of piperazine rings is 1. The molecule has 0 saturated carbocycles. The summed E-state index contributed by atoms with van der Waals surface area (Å²) in [4.78, 5) is 17.6. The van der Waals surface area contributed by atoms with Crippen LogP contribution in [0.2, 0.25) is 0 Å². The molecule has 0 radical (unpaired) electrons. The third kappa shape index (κ3) is 3.57. The fourth-order valence-electron chi connectivity index (χ4n) is 4.75. The Labute approximate surface area is 195 Å². The van der Waals surface area contributed by atoms with Crippen LogP contribution in [0.1, 0.15) is 5.56 Å². The minimum absolute atomic E-state index is 0.157. The molecule has 0 spiro atoms. The number of ether oxygens (including phenoxy) is 1. The lowest BCUT2D eigenvalue weighted by Crippen LogP contribution is -2.56. The molecule has 34 heavy (non-hydrogen) atoms. The summed E-state index contributed by atoms with van der Waals surface area (Å²) < 4.78 is 21.0. The van der Waals surface area contributed by atoms with Gasteiger partial charge >= 0.3 is 0 Å². The summed E-state index contributed by atoms with van der Waals surface area (Å²) in [6.07, 6.45) is 0. The lowest BCUT2D eigenvalue weighted by Gasteiger charge is -2.43. The van der Waals surface area contributed by atoms with Crippen molar-refractivity contribution in [3.05, 3.63) is 70.3 Å². The van der Waals surface area contributed by atoms with Crippen LogP contribution < -0.4 is 10.5 Å². The van der Waals surface area contributed by atoms with E-state index in [1.165, 1.54) is 17.8 Å². The maximum atomic E-state index is 14.5. The van der Waals surface area contributed by atoms with Crippen LogP contribution >= 0.6 is 0 Å². The summed E-state index contributed by atoms with van der Waals surface area (Å²) in [6.45, 7) is 7.50. The van der Waals surface area contributed by atoms with E-state index in [9.17, 15) is 9.18 Å². The van der Waals surface area contributed by atoms with Gasteiger partial charge in [0.1, 0.15) is 22.7 Å². The predicted molar refractivity (Wildman–Crippen MR) is 128 cm³/mol. The maximum absolute atomic E-state index is 14.5. The van der Waals surface area contributed by atoms with Crippen LogP contribution in [-0.2, 0) is 4.74 Å². The first-order valence-corrected chi connectivity index (χ1v) is 11.5. The van der Waals surface area contributed by atoms with Crippen molar-refractivity contribution in [3.63, 3.8) is 0 Å². The Kier molecular flexibility index (Phi) is 5.15. The van der Waals surface area contributed by atoms with Gasteiger partial charge in [0, 0.05) is 43.5 Å². The van der Waals surface area contributed by atoms with Gasteiger partial charge < -0.3 is 9.64 Å². The van der Waals surface area contributed by atoms with Crippen molar-refractivity contribution in [3.8, 4) is 16.9 Å². The molecule has 2 aliphatic rings. The first-order valence-electron chi connectivity index (χ1n) is 11.5. The van der Waals surface area contributed by atoms with E-state index in [0.717, 1.165) is 49.6 Å². The molecule has 0 amide bonds. The lowest BCUT2D eigenvalue weighted by molar-refractivity contribution is -0.0660. The summed E-state index contributed by atoms with van der Waals surface area (Å²) >= 11 is 0. The zero-order valence-electron chi connectivity index (χ0n) is 18.9. The molecule has 8 nitrogen and oxygen atoms in total. The van der Waals surface area contributed by atoms with Crippen molar-refractivity contribution in [2.24, 2.45) is 0 Å². The smallest absolute Gasteiger partial charge is 0.273 e. The Morgan fingerprint density at radius 3 is 2.50 bits per heavy atom. The molecule has 2 aromatic heterocycles. The fourth-order valence-corrected chi connectivity index (χ4v) is 4.75. The van der Waals surface area contributed by atoms with E-state index in [1.54, 1.807) is 19.1 Å². The topological polar surface area (TPSA) is 79.3 Å². The van der Waals surface area contributed by atoms with Gasteiger partial charge in [-0.3, -0.25) is 14.8 Å². The third-order valence-corrected chi connectivity index (χ3v) is 6.80. The number of hydrogen-bond acceptors (Lipinski definition) is 6. The van der Waals surface area contributed by atoms with Gasteiger partial charge in [0.15, 0.2) is 0 Å². The predicted octanol–water partition coefficient (Wildman–Crippen LogP) is 2.74. The SMILES string of the molecule is Cc1cccc(F)c1-n1nc2c(-c3ccc(N4CCN(C5COC5)CC4)cc3)n[nH]c2cc1=O. The van der Waals surface area contributed by atoms with Crippen LogP contribution in [0.25, 0.3) is 28.0 Å². The van der Waals surface area contributed by atoms with E-state index in [2.05, 4.69) is 37.2 Å². The van der Waals surface area contributed by atoms with Crippen LogP contribution in [0.15, 0.2) is 53.3 Å². The fraction of sp³-hybridized carbons (Fsp3) is 0.320. The number of halogens is 1. The van der Waals surface area contributed by atoms with Gasteiger partial charge in [-0.05, 0) is 30.7 Å². The Balaban J connectivity index is 1.29. The summed E-state index contributed by atoms with van der Waals surface area (Å²) in [5, 5.41) is 11.8. The minimum atomic E-state index is -0.492. The number of rotatable bonds is 4. The van der Waals surface area contributed by atoms with E-state index in [1.807, 2.05) is 12.1 Å². The van der Waals surface area contributed by atoms with E-state index < -0.39 is 11.4 Å². The molecule has 0 aliphatic carbocycles. The number of benzene rings is 2. The van der Waals surface area contributed by atoms with Gasteiger partial charge in [-0.2, -0.15) is 14.9 Å². The first-order chi connectivity index (χ1) is 16.6. The minimum Gasteiger partial charge on any atom is -0.378 e. The number of aromatic nitrogens is 4. The number of hydrogen-bond donors (Lipinski definition) is 1. The van der Waals surface area contributed by atoms with Gasteiger partial charge in [0.05, 0.1) is 24.8 Å². The number of aromatic amines is 1. The summed E-state index contributed by atoms with van der Waals surface area (Å²) in [6, 6.07) is 14.9. The van der Waals surface area contributed by atoms with Gasteiger partial charge in [-0.15, -0.1) is 0 Å². The van der Waals surface area contributed by atoms with Crippen LogP contribution in [0.4, 0.5) is 10.1 Å². The molecule has 0 atom stereocenters. The molecule has 2 saturated heterocycles. The van der Waals surface area contributed by atoms with E-state index >= 15 is 0 Å². The van der Waals surface area contributed by atoms with Crippen molar-refractivity contribution in [2.45, 2.75) is 13.0 Å². The molecule has 6 rings (SSSR count). The van der Waals surface area contributed by atoms with E-state index in [-0.39, 0.29) is 5.69 Å². The molecule has 2 fully saturated rings. The van der Waals surface area contributed by atoms with Gasteiger partial charge in [-0.1, -0.05) is 24.3 Å². The molecular weight excluding hydrogens is 435 g/mol. The molecule has 4 heterocycles. The molecule has 1 N–H and O–H groups in total. The molecule has 0 unspecified atom stereocenters. The summed E-state index contributed by atoms with van der Waals surface area (Å²) in [5.74, 6) is -0.492. The maximum Gasteiger partial charge on any atom is 0.273 e. The van der Waals surface area contributed by atoms with Crippen molar-refractivity contribution >= 4 is 16.7 Å². The number of nitrogens with one attached hydrogen (secondary N) is 1. The average Bonchev–Trinajstić information content (AvgIpc) is 3.21. The van der Waals surface area contributed by atoms with Crippen LogP contribution in [0.5, 0.6) is 0 Å². The van der Waals surface area contributed by atoms with Crippen molar-refractivity contribution in [1.29, 1.82) is 0 Å². The molecule has 9 heteroatoms. The monoisotopic (exact) mass is 460 g/mol. The standard InChI is InChI=1S/C25H25FN6O2/c1-16-3-2-4-20(26)25(16)32-22(33)13-21-24(29-32)23(28-27-21)17-5-7-18(8-6-17)30-9-11-31(12-10-30)19-14-34-15-19/h2-8,13,19,27H,9-12,14-15H2,1H3. The molecular formula is C25H25FN6O2. The number of anilines is 1. The highest BCUT2D eigenvalue weighted by Crippen LogP contribution is 2.28. The van der Waals surface area contributed by atoms with Crippen molar-refractivity contribution in [1.82, 2.24) is 24.9 Å². The molecule has 174 valence electrons. The second kappa shape index (κ2) is 8.34. The summed E-state index contributed by atoms with van der Waals surface area (Å²) in [7, 11) is 0. The number of H-pyrrole nitrogens is 1. The highest BCUT2D eigenvalue weighted by atomic mass is 19.1. The Morgan fingerprint density at radius 2 is 1.82 bits per heavy atom. The Morgan fingerprint density at radius 1 is 1.06 bits per heavy atom. The first kappa shape index (κ1) is 21.0. The Bertz CT molecular complexity index is 1380. The zero-order chi connectivity index (χ0) is 23.2. The average molecular weight is 461 g/mol.